The van der Waals surface area contributed by atoms with Gasteiger partial charge in [-0.25, -0.2) is 9.78 Å². The van der Waals surface area contributed by atoms with Crippen molar-refractivity contribution < 1.29 is 27.8 Å². The molecule has 1 N–H and O–H groups in total. The first-order valence-corrected chi connectivity index (χ1v) is 4.52. The molecule has 0 aliphatic carbocycles. The molecule has 1 aromatic heterocycles. The number of alkyl halides is 3. The van der Waals surface area contributed by atoms with Crippen molar-refractivity contribution in [3.05, 3.63) is 16.1 Å². The molecule has 1 aromatic rings. The Labute approximate surface area is 86.3 Å². The summed E-state index contributed by atoms with van der Waals surface area (Å²) in [5.74, 6) is -1.16. The second kappa shape index (κ2) is 4.58. The van der Waals surface area contributed by atoms with E-state index in [1.165, 1.54) is 0 Å². The van der Waals surface area contributed by atoms with Gasteiger partial charge in [-0.2, -0.15) is 13.2 Å². The zero-order valence-electron chi connectivity index (χ0n) is 7.24. The maximum Gasteiger partial charge on any atom is 0.411 e. The van der Waals surface area contributed by atoms with Gasteiger partial charge in [-0.3, -0.25) is 0 Å². The highest BCUT2D eigenvalue weighted by Crippen LogP contribution is 2.17. The van der Waals surface area contributed by atoms with Crippen molar-refractivity contribution in [2.45, 2.75) is 12.8 Å². The molecule has 15 heavy (non-hydrogen) atoms. The molecule has 0 bridgehead atoms. The van der Waals surface area contributed by atoms with Crippen LogP contribution in [0.1, 0.15) is 14.7 Å². The average molecular weight is 241 g/mol. The second-order valence-electron chi connectivity index (χ2n) is 2.53. The zero-order chi connectivity index (χ0) is 11.5. The van der Waals surface area contributed by atoms with E-state index >= 15 is 0 Å². The second-order valence-corrected chi connectivity index (χ2v) is 3.65. The van der Waals surface area contributed by atoms with Crippen molar-refractivity contribution in [3.8, 4) is 0 Å². The van der Waals surface area contributed by atoms with E-state index in [0.29, 0.717) is 0 Å². The SMILES string of the molecule is O=C(O)c1cnc(COCC(F)(F)F)s1. The van der Waals surface area contributed by atoms with E-state index in [4.69, 9.17) is 5.11 Å². The molecule has 0 saturated heterocycles. The number of thiazole rings is 1. The Morgan fingerprint density at radius 2 is 2.27 bits per heavy atom. The smallest absolute Gasteiger partial charge is 0.411 e. The van der Waals surface area contributed by atoms with Crippen molar-refractivity contribution in [2.75, 3.05) is 6.61 Å². The average Bonchev–Trinajstić information content (AvgIpc) is 2.50. The van der Waals surface area contributed by atoms with Crippen LogP contribution in [0.3, 0.4) is 0 Å². The Morgan fingerprint density at radius 3 is 2.73 bits per heavy atom. The number of carboxylic acid groups (broad SMARTS) is 1. The van der Waals surface area contributed by atoms with Gasteiger partial charge in [-0.1, -0.05) is 0 Å². The molecular weight excluding hydrogens is 235 g/mol. The number of carbonyl (C=O) groups is 1. The zero-order valence-corrected chi connectivity index (χ0v) is 8.06. The lowest BCUT2D eigenvalue weighted by atomic mass is 10.6. The highest BCUT2D eigenvalue weighted by molar-refractivity contribution is 7.13. The molecule has 8 heteroatoms. The molecule has 4 nitrogen and oxygen atoms in total. The Hall–Kier alpha value is -1.15. The van der Waals surface area contributed by atoms with Gasteiger partial charge < -0.3 is 9.84 Å². The van der Waals surface area contributed by atoms with Gasteiger partial charge in [0, 0.05) is 0 Å². The third-order valence-corrected chi connectivity index (χ3v) is 2.21. The van der Waals surface area contributed by atoms with Crippen molar-refractivity contribution >= 4 is 17.3 Å². The fourth-order valence-electron chi connectivity index (χ4n) is 0.730. The Balaban J connectivity index is 2.41. The maximum absolute atomic E-state index is 11.7. The van der Waals surface area contributed by atoms with E-state index in [1.807, 2.05) is 0 Å². The minimum atomic E-state index is -4.38. The number of aromatic carboxylic acids is 1. The van der Waals surface area contributed by atoms with Gasteiger partial charge in [0.2, 0.25) is 0 Å². The first-order chi connectivity index (χ1) is 6.88. The van der Waals surface area contributed by atoms with Crippen LogP contribution in [0, 0.1) is 0 Å². The van der Waals surface area contributed by atoms with E-state index in [0.717, 1.165) is 17.5 Å². The highest BCUT2D eigenvalue weighted by atomic mass is 32.1. The monoisotopic (exact) mass is 241 g/mol. The van der Waals surface area contributed by atoms with Gasteiger partial charge in [0.05, 0.1) is 12.8 Å². The molecule has 0 unspecified atom stereocenters. The van der Waals surface area contributed by atoms with Crippen molar-refractivity contribution in [3.63, 3.8) is 0 Å². The summed E-state index contributed by atoms with van der Waals surface area (Å²) in [5.41, 5.74) is 0. The number of nitrogens with zero attached hydrogens (tertiary/aromatic N) is 1. The van der Waals surface area contributed by atoms with Crippen LogP contribution in [0.5, 0.6) is 0 Å². The van der Waals surface area contributed by atoms with Crippen LogP contribution in [0.4, 0.5) is 13.2 Å². The van der Waals surface area contributed by atoms with Crippen LogP contribution in [-0.2, 0) is 11.3 Å². The van der Waals surface area contributed by atoms with Gasteiger partial charge in [-0.05, 0) is 0 Å². The lowest BCUT2D eigenvalue weighted by Gasteiger charge is -2.05. The molecule has 0 aliphatic rings. The van der Waals surface area contributed by atoms with Gasteiger partial charge in [0.15, 0.2) is 0 Å². The molecule has 0 radical (unpaired) electrons. The number of rotatable bonds is 4. The lowest BCUT2D eigenvalue weighted by Crippen LogP contribution is -2.16. The topological polar surface area (TPSA) is 59.4 Å². The number of hydrogen-bond donors (Lipinski definition) is 1. The first kappa shape index (κ1) is 11.9. The molecule has 1 heterocycles. The summed E-state index contributed by atoms with van der Waals surface area (Å²) >= 11 is 0.789. The normalized spacial score (nSPS) is 11.7. The molecule has 0 atom stereocenters. The number of hydrogen-bond acceptors (Lipinski definition) is 4. The molecule has 0 spiro atoms. The van der Waals surface area contributed by atoms with Gasteiger partial charge >= 0.3 is 12.1 Å². The van der Waals surface area contributed by atoms with Crippen LogP contribution < -0.4 is 0 Å². The largest absolute Gasteiger partial charge is 0.477 e. The Bertz CT molecular complexity index is 349. The summed E-state index contributed by atoms with van der Waals surface area (Å²) in [6.45, 7) is -1.70. The minimum absolute atomic E-state index is 0.0272. The third kappa shape index (κ3) is 4.26. The molecule has 0 amide bonds. The molecule has 1 rings (SSSR count). The summed E-state index contributed by atoms with van der Waals surface area (Å²) in [5, 5.41) is 8.71. The van der Waals surface area contributed by atoms with Crippen LogP contribution in [-0.4, -0.2) is 28.8 Å². The Morgan fingerprint density at radius 1 is 1.60 bits per heavy atom. The standard InChI is InChI=1S/C7H6F3NO3S/c8-7(9,10)3-14-2-5-11-1-4(15-5)6(12)13/h1H,2-3H2,(H,12,13). The minimum Gasteiger partial charge on any atom is -0.477 e. The number of ether oxygens (including phenoxy) is 1. The summed E-state index contributed by atoms with van der Waals surface area (Å²) in [6.07, 6.45) is -3.30. The number of halogens is 3. The van der Waals surface area contributed by atoms with Crippen molar-refractivity contribution in [2.24, 2.45) is 0 Å². The summed E-state index contributed by atoms with van der Waals surface area (Å²) in [7, 11) is 0. The van der Waals surface area contributed by atoms with E-state index in [-0.39, 0.29) is 16.5 Å². The predicted molar refractivity (Wildman–Crippen MR) is 44.8 cm³/mol. The van der Waals surface area contributed by atoms with Gasteiger partial charge in [0.25, 0.3) is 0 Å². The quantitative estimate of drug-likeness (QED) is 0.874. The third-order valence-electron chi connectivity index (χ3n) is 1.26. The van der Waals surface area contributed by atoms with E-state index in [2.05, 4.69) is 9.72 Å². The van der Waals surface area contributed by atoms with Gasteiger partial charge in [0.1, 0.15) is 16.5 Å². The van der Waals surface area contributed by atoms with Crippen LogP contribution in [0.2, 0.25) is 0 Å². The predicted octanol–water partition coefficient (Wildman–Crippen LogP) is 1.92. The van der Waals surface area contributed by atoms with E-state index in [9.17, 15) is 18.0 Å². The van der Waals surface area contributed by atoms with Crippen molar-refractivity contribution in [1.29, 1.82) is 0 Å². The van der Waals surface area contributed by atoms with E-state index < -0.39 is 18.8 Å². The first-order valence-electron chi connectivity index (χ1n) is 3.71. The van der Waals surface area contributed by atoms with Crippen LogP contribution >= 0.6 is 11.3 Å². The molecular formula is C7H6F3NO3S. The van der Waals surface area contributed by atoms with Crippen molar-refractivity contribution in [1.82, 2.24) is 4.98 Å². The highest BCUT2D eigenvalue weighted by Gasteiger charge is 2.27. The van der Waals surface area contributed by atoms with E-state index in [1.54, 1.807) is 0 Å². The van der Waals surface area contributed by atoms with Crippen LogP contribution in [0.15, 0.2) is 6.20 Å². The number of aromatic nitrogens is 1. The molecule has 0 aliphatic heterocycles. The van der Waals surface area contributed by atoms with Crippen LogP contribution in [0.25, 0.3) is 0 Å². The lowest BCUT2D eigenvalue weighted by molar-refractivity contribution is -0.176. The van der Waals surface area contributed by atoms with Gasteiger partial charge in [-0.15, -0.1) is 11.3 Å². The Kier molecular flexibility index (Phi) is 3.64. The summed E-state index contributed by atoms with van der Waals surface area (Å²) < 4.78 is 39.3. The summed E-state index contributed by atoms with van der Waals surface area (Å²) in [4.78, 5) is 14.0. The molecule has 84 valence electrons. The fraction of sp³-hybridized carbons (Fsp3) is 0.429. The number of carboxylic acids is 1. The fourth-order valence-corrected chi connectivity index (χ4v) is 1.42. The molecule has 0 fully saturated rings. The maximum atomic E-state index is 11.7. The summed E-state index contributed by atoms with van der Waals surface area (Å²) in [6, 6.07) is 0. The molecule has 0 aromatic carbocycles. The molecule has 0 saturated carbocycles.